The van der Waals surface area contributed by atoms with Crippen LogP contribution in [0.1, 0.15) is 28.4 Å². The predicted octanol–water partition coefficient (Wildman–Crippen LogP) is 4.98. The summed E-state index contributed by atoms with van der Waals surface area (Å²) >= 11 is 1.60. The van der Waals surface area contributed by atoms with Crippen LogP contribution in [0.2, 0.25) is 0 Å². The summed E-state index contributed by atoms with van der Waals surface area (Å²) in [7, 11) is -2.60. The van der Waals surface area contributed by atoms with Gasteiger partial charge in [0, 0.05) is 15.7 Å². The Kier molecular flexibility index (Phi) is 7.77. The second-order valence-corrected chi connectivity index (χ2v) is 10.1. The molecule has 9 heteroatoms. The molecule has 1 aromatic heterocycles. The first kappa shape index (κ1) is 24.4. The third-order valence-corrected chi connectivity index (χ3v) is 7.52. The zero-order valence-corrected chi connectivity index (χ0v) is 20.5. The van der Waals surface area contributed by atoms with Crippen LogP contribution in [0.3, 0.4) is 0 Å². The minimum atomic E-state index is -2.60. The van der Waals surface area contributed by atoms with Gasteiger partial charge >= 0.3 is 0 Å². The van der Waals surface area contributed by atoms with E-state index in [0.29, 0.717) is 27.8 Å². The summed E-state index contributed by atoms with van der Waals surface area (Å²) in [6.45, 7) is 0. The quantitative estimate of drug-likeness (QED) is 0.219. The Morgan fingerprint density at radius 2 is 1.71 bits per heavy atom. The zero-order chi connectivity index (χ0) is 24.8. The van der Waals surface area contributed by atoms with E-state index < -0.39 is 20.0 Å². The third-order valence-electron chi connectivity index (χ3n) is 5.30. The van der Waals surface area contributed by atoms with Crippen LogP contribution in [0.5, 0.6) is 0 Å². The Morgan fingerprint density at radius 3 is 2.37 bits per heavy atom. The maximum Gasteiger partial charge on any atom is 0.255 e. The number of carbonyl (C=O) groups is 2. The molecule has 0 fully saturated rings. The van der Waals surface area contributed by atoms with Crippen molar-refractivity contribution in [2.45, 2.75) is 12.5 Å². The van der Waals surface area contributed by atoms with Gasteiger partial charge < -0.3 is 21.3 Å². The second-order valence-electron chi connectivity index (χ2n) is 7.79. The first-order chi connectivity index (χ1) is 16.9. The van der Waals surface area contributed by atoms with Crippen molar-refractivity contribution in [2.75, 3.05) is 11.1 Å². The molecule has 0 saturated carbocycles. The number of nitrogens with two attached hydrogens (primary N) is 2. The van der Waals surface area contributed by atoms with Gasteiger partial charge in [0.25, 0.3) is 5.91 Å². The smallest absolute Gasteiger partial charge is 0.255 e. The third kappa shape index (κ3) is 6.25. The normalized spacial score (nSPS) is 12.6. The minimum absolute atomic E-state index is 0.138. The molecule has 0 spiro atoms. The molecular weight excluding hydrogens is 481 g/mol. The van der Waals surface area contributed by atoms with Crippen LogP contribution >= 0.6 is 19.4 Å². The van der Waals surface area contributed by atoms with Gasteiger partial charge in [-0.3, -0.25) is 14.2 Å². The van der Waals surface area contributed by atoms with Gasteiger partial charge in [-0.05, 0) is 59.0 Å². The molecule has 35 heavy (non-hydrogen) atoms. The summed E-state index contributed by atoms with van der Waals surface area (Å²) in [5.41, 5.74) is 14.4. The molecule has 0 bridgehead atoms. The Hall–Kier alpha value is -3.71. The number of hydrogen-bond donors (Lipinski definition) is 3. The summed E-state index contributed by atoms with van der Waals surface area (Å²) in [5, 5.41) is 5.38. The number of anilines is 2. The number of primary amides is 1. The number of hydrogen-bond acceptors (Lipinski definition) is 6. The molecule has 178 valence electrons. The van der Waals surface area contributed by atoms with E-state index in [9.17, 15) is 14.2 Å². The van der Waals surface area contributed by atoms with Crippen LogP contribution in [-0.2, 0) is 13.9 Å². The number of amides is 2. The van der Waals surface area contributed by atoms with Crippen LogP contribution in [-0.4, -0.2) is 11.8 Å². The maximum absolute atomic E-state index is 12.9. The van der Waals surface area contributed by atoms with Crippen molar-refractivity contribution >= 4 is 47.9 Å². The molecule has 0 saturated heterocycles. The van der Waals surface area contributed by atoms with Crippen molar-refractivity contribution in [1.29, 1.82) is 0 Å². The van der Waals surface area contributed by atoms with Gasteiger partial charge in [0.2, 0.25) is 13.9 Å². The van der Waals surface area contributed by atoms with Crippen molar-refractivity contribution in [1.82, 2.24) is 0 Å². The molecule has 2 amide bonds. The molecule has 0 aliphatic heterocycles. The van der Waals surface area contributed by atoms with Crippen molar-refractivity contribution in [3.63, 3.8) is 0 Å². The van der Waals surface area contributed by atoms with Gasteiger partial charge in [-0.25, -0.2) is 0 Å². The van der Waals surface area contributed by atoms with E-state index >= 15 is 0 Å². The van der Waals surface area contributed by atoms with Crippen LogP contribution in [0.4, 0.5) is 11.4 Å². The highest BCUT2D eigenvalue weighted by Gasteiger charge is 2.20. The zero-order valence-electron chi connectivity index (χ0n) is 18.6. The van der Waals surface area contributed by atoms with Crippen LogP contribution < -0.4 is 22.1 Å². The predicted molar refractivity (Wildman–Crippen MR) is 141 cm³/mol. The largest absolute Gasteiger partial charge is 0.397 e. The van der Waals surface area contributed by atoms with Gasteiger partial charge in [-0.2, -0.15) is 0 Å². The number of nitrogens with one attached hydrogen (secondary N) is 1. The highest BCUT2D eigenvalue weighted by molar-refractivity contribution is 7.48. The lowest BCUT2D eigenvalue weighted by atomic mass is 10.0. The molecule has 7 nitrogen and oxygen atoms in total. The van der Waals surface area contributed by atoms with Gasteiger partial charge in [0.1, 0.15) is 0 Å². The molecular formula is C26H24N3O4PS. The fraction of sp³-hybridized carbons (Fsp3) is 0.0769. The lowest BCUT2D eigenvalue weighted by Gasteiger charge is -2.17. The Bertz CT molecular complexity index is 1340. The molecule has 4 aromatic rings. The van der Waals surface area contributed by atoms with E-state index in [-0.39, 0.29) is 12.3 Å². The van der Waals surface area contributed by atoms with Gasteiger partial charge in [-0.1, -0.05) is 42.5 Å². The van der Waals surface area contributed by atoms with Crippen molar-refractivity contribution < 1.29 is 18.7 Å². The number of benzene rings is 3. The summed E-state index contributed by atoms with van der Waals surface area (Å²) in [5.74, 6) is -0.919. The molecule has 3 aromatic carbocycles. The van der Waals surface area contributed by atoms with Crippen molar-refractivity contribution in [3.05, 3.63) is 101 Å². The molecule has 4 rings (SSSR count). The molecule has 1 heterocycles. The highest BCUT2D eigenvalue weighted by atomic mass is 32.1. The van der Waals surface area contributed by atoms with Gasteiger partial charge in [0.05, 0.1) is 23.9 Å². The van der Waals surface area contributed by atoms with Gasteiger partial charge in [0.15, 0.2) is 0 Å². The number of carbonyl (C=O) groups excluding carboxylic acids is 2. The topological polar surface area (TPSA) is 125 Å². The number of rotatable bonds is 9. The van der Waals surface area contributed by atoms with Crippen LogP contribution in [0, 0.1) is 0 Å². The summed E-state index contributed by atoms with van der Waals surface area (Å²) in [6, 6.07) is 24.8. The number of nitrogen functional groups attached to an aromatic ring is 1. The van der Waals surface area contributed by atoms with E-state index in [1.165, 1.54) is 0 Å². The van der Waals surface area contributed by atoms with Gasteiger partial charge in [-0.15, -0.1) is 11.3 Å². The molecule has 2 atom stereocenters. The van der Waals surface area contributed by atoms with E-state index in [0.717, 1.165) is 10.4 Å². The second kappa shape index (κ2) is 11.1. The maximum atomic E-state index is 12.9. The highest BCUT2D eigenvalue weighted by Crippen LogP contribution is 2.34. The Balaban J connectivity index is 1.49. The monoisotopic (exact) mass is 505 g/mol. The van der Waals surface area contributed by atoms with E-state index in [4.69, 9.17) is 16.0 Å². The van der Waals surface area contributed by atoms with Crippen molar-refractivity contribution in [2.24, 2.45) is 5.73 Å². The van der Waals surface area contributed by atoms with Crippen LogP contribution in [0.15, 0.2) is 90.3 Å². The fourth-order valence-electron chi connectivity index (χ4n) is 3.49. The molecule has 2 unspecified atom stereocenters. The molecule has 5 N–H and O–H groups in total. The average molecular weight is 506 g/mol. The molecule has 0 aliphatic carbocycles. The number of thiophene rings is 1. The minimum Gasteiger partial charge on any atom is -0.397 e. The van der Waals surface area contributed by atoms with Crippen molar-refractivity contribution in [3.8, 4) is 10.4 Å². The van der Waals surface area contributed by atoms with E-state index in [2.05, 4.69) is 5.32 Å². The fourth-order valence-corrected chi connectivity index (χ4v) is 5.29. The SMILES string of the molecule is NC(=O)CC(O[PH](=O)c1ccccc1)c1ccc(C(=O)Nc2cc(-c3cccs3)ccc2N)cc1. The lowest BCUT2D eigenvalue weighted by molar-refractivity contribution is -0.119. The molecule has 0 radical (unpaired) electrons. The standard InChI is InChI=1S/C26H24N3O4PS/c27-21-13-12-19(24-7-4-14-35-24)15-22(21)29-26(31)18-10-8-17(9-11-18)23(16-25(28)30)33-34(32)20-5-2-1-3-6-20/h1-15,23,34H,16,27H2,(H2,28,30)(H,29,31). The van der Waals surface area contributed by atoms with E-state index in [1.54, 1.807) is 65.9 Å². The summed E-state index contributed by atoms with van der Waals surface area (Å²) in [4.78, 5) is 25.5. The molecule has 0 aliphatic rings. The summed E-state index contributed by atoms with van der Waals surface area (Å²) < 4.78 is 18.4. The first-order valence-corrected chi connectivity index (χ1v) is 13.0. The average Bonchev–Trinajstić information content (AvgIpc) is 3.40. The Labute approximate surface area is 207 Å². The lowest BCUT2D eigenvalue weighted by Crippen LogP contribution is -2.17. The van der Waals surface area contributed by atoms with Crippen LogP contribution in [0.25, 0.3) is 10.4 Å². The summed E-state index contributed by atoms with van der Waals surface area (Å²) in [6.07, 6.45) is -0.935. The van der Waals surface area contributed by atoms with E-state index in [1.807, 2.05) is 35.7 Å². The Morgan fingerprint density at radius 1 is 0.971 bits per heavy atom. The first-order valence-electron chi connectivity index (χ1n) is 10.8.